The summed E-state index contributed by atoms with van der Waals surface area (Å²) in [5.74, 6) is -0.00711. The molecule has 12 heteroatoms. The molecule has 0 aromatic heterocycles. The lowest BCUT2D eigenvalue weighted by Gasteiger charge is -2.41. The van der Waals surface area contributed by atoms with Gasteiger partial charge < -0.3 is 29.7 Å². The van der Waals surface area contributed by atoms with Gasteiger partial charge >= 0.3 is 6.03 Å². The minimum atomic E-state index is -1.56. The maximum Gasteiger partial charge on any atom is 0.375 e. The number of nitrogens with zero attached hydrogens (tertiary/aromatic N) is 2. The van der Waals surface area contributed by atoms with Crippen molar-refractivity contribution < 1.29 is 34.6 Å². The summed E-state index contributed by atoms with van der Waals surface area (Å²) in [5.41, 5.74) is 1.45. The summed E-state index contributed by atoms with van der Waals surface area (Å²) >= 11 is 5.53. The molecule has 128 valence electrons. The number of nitrogens with one attached hydrogen (secondary N) is 1. The number of halogens is 1. The predicted molar refractivity (Wildman–Crippen MR) is 71.5 cm³/mol. The Hall–Kier alpha value is -1.24. The fourth-order valence-electron chi connectivity index (χ4n) is 2.01. The lowest BCUT2D eigenvalue weighted by Crippen LogP contribution is -2.61. The molecule has 2 amide bonds. The lowest BCUT2D eigenvalue weighted by molar-refractivity contribution is -0.528. The monoisotopic (exact) mass is 343 g/mol. The highest BCUT2D eigenvalue weighted by Gasteiger charge is 2.44. The van der Waals surface area contributed by atoms with Crippen molar-refractivity contribution in [2.45, 2.75) is 30.7 Å². The Morgan fingerprint density at radius 2 is 2.05 bits per heavy atom. The number of amides is 2. The number of methoxy groups -OCH3 is 1. The number of nitro groups is 1. The van der Waals surface area contributed by atoms with Crippen LogP contribution < -0.4 is 5.43 Å². The second-order valence-electron chi connectivity index (χ2n) is 4.56. The smallest absolute Gasteiger partial charge is 0.375 e. The quantitative estimate of drug-likeness (QED) is 0.242. The fraction of sp³-hybridized carbons (Fsp3) is 0.900. The Morgan fingerprint density at radius 3 is 2.55 bits per heavy atom. The molecule has 1 aliphatic rings. The SMILES string of the molecule is COC1O[C@H](CN(CCCl)C(=O)N[N+](=O)[O-])[C@@H](O)[C@H](O)[C@H]1O. The maximum atomic E-state index is 11.7. The van der Waals surface area contributed by atoms with Crippen molar-refractivity contribution in [2.24, 2.45) is 0 Å². The van der Waals surface area contributed by atoms with Crippen LogP contribution >= 0.6 is 11.6 Å². The first-order valence-corrected chi connectivity index (χ1v) is 6.83. The van der Waals surface area contributed by atoms with E-state index in [4.69, 9.17) is 21.1 Å². The van der Waals surface area contributed by atoms with Crippen LogP contribution in [0.25, 0.3) is 0 Å². The Labute approximate surface area is 130 Å². The van der Waals surface area contributed by atoms with Crippen LogP contribution in [0.3, 0.4) is 0 Å². The number of ether oxygens (including phenoxy) is 2. The van der Waals surface area contributed by atoms with Gasteiger partial charge in [0.05, 0.1) is 6.54 Å². The highest BCUT2D eigenvalue weighted by molar-refractivity contribution is 6.18. The van der Waals surface area contributed by atoms with Gasteiger partial charge in [0.25, 0.3) is 0 Å². The van der Waals surface area contributed by atoms with E-state index in [1.807, 2.05) is 0 Å². The second-order valence-corrected chi connectivity index (χ2v) is 4.94. The first-order chi connectivity index (χ1) is 10.3. The summed E-state index contributed by atoms with van der Waals surface area (Å²) < 4.78 is 10.1. The molecule has 0 aromatic carbocycles. The number of rotatable bonds is 6. The van der Waals surface area contributed by atoms with Gasteiger partial charge in [0.15, 0.2) is 11.3 Å². The molecule has 0 radical (unpaired) electrons. The number of hydrogen-bond acceptors (Lipinski definition) is 8. The molecule has 1 heterocycles. The molecule has 0 aliphatic carbocycles. The lowest BCUT2D eigenvalue weighted by atomic mass is 9.98. The zero-order valence-electron chi connectivity index (χ0n) is 11.7. The molecule has 0 saturated carbocycles. The van der Waals surface area contributed by atoms with Gasteiger partial charge in [0, 0.05) is 19.5 Å². The fourth-order valence-corrected chi connectivity index (χ4v) is 2.21. The van der Waals surface area contributed by atoms with Crippen LogP contribution in [0.4, 0.5) is 4.79 Å². The average Bonchev–Trinajstić information content (AvgIpc) is 2.46. The van der Waals surface area contributed by atoms with Gasteiger partial charge in [0.2, 0.25) is 0 Å². The van der Waals surface area contributed by atoms with Crippen LogP contribution in [0.5, 0.6) is 0 Å². The van der Waals surface area contributed by atoms with Crippen molar-refractivity contribution in [3.8, 4) is 0 Å². The second kappa shape index (κ2) is 8.41. The number of hydrazine groups is 1. The first kappa shape index (κ1) is 18.8. The molecule has 1 unspecified atom stereocenters. The number of urea groups is 1. The third-order valence-electron chi connectivity index (χ3n) is 3.13. The van der Waals surface area contributed by atoms with Crippen molar-refractivity contribution in [1.82, 2.24) is 10.3 Å². The Balaban J connectivity index is 2.78. The highest BCUT2D eigenvalue weighted by atomic mass is 35.5. The molecular formula is C10H18ClN3O8. The number of aliphatic hydroxyl groups is 3. The zero-order valence-corrected chi connectivity index (χ0v) is 12.4. The van der Waals surface area contributed by atoms with Crippen molar-refractivity contribution in [3.05, 3.63) is 10.1 Å². The molecule has 0 bridgehead atoms. The van der Waals surface area contributed by atoms with Crippen LogP contribution in [0.1, 0.15) is 0 Å². The Kier molecular flexibility index (Phi) is 7.19. The van der Waals surface area contributed by atoms with Crippen molar-refractivity contribution in [3.63, 3.8) is 0 Å². The van der Waals surface area contributed by atoms with Crippen LogP contribution in [0.2, 0.25) is 0 Å². The molecule has 1 fully saturated rings. The molecule has 22 heavy (non-hydrogen) atoms. The Morgan fingerprint density at radius 1 is 1.41 bits per heavy atom. The predicted octanol–water partition coefficient (Wildman–Crippen LogP) is -2.12. The minimum Gasteiger partial charge on any atom is -0.388 e. The third kappa shape index (κ3) is 4.63. The van der Waals surface area contributed by atoms with E-state index < -0.39 is 41.8 Å². The number of alkyl halides is 1. The molecule has 1 rings (SSSR count). The van der Waals surface area contributed by atoms with E-state index >= 15 is 0 Å². The first-order valence-electron chi connectivity index (χ1n) is 6.30. The van der Waals surface area contributed by atoms with E-state index in [1.165, 1.54) is 12.5 Å². The van der Waals surface area contributed by atoms with Gasteiger partial charge in [-0.25, -0.2) is 14.9 Å². The summed E-state index contributed by atoms with van der Waals surface area (Å²) in [4.78, 5) is 22.9. The van der Waals surface area contributed by atoms with Gasteiger partial charge in [-0.1, -0.05) is 5.43 Å². The van der Waals surface area contributed by atoms with Crippen molar-refractivity contribution in [1.29, 1.82) is 0 Å². The van der Waals surface area contributed by atoms with E-state index in [-0.39, 0.29) is 19.0 Å². The topological polar surface area (TPSA) is 155 Å². The number of hydrogen-bond donors (Lipinski definition) is 4. The van der Waals surface area contributed by atoms with E-state index in [2.05, 4.69) is 0 Å². The molecule has 5 atom stereocenters. The molecule has 11 nitrogen and oxygen atoms in total. The maximum absolute atomic E-state index is 11.7. The summed E-state index contributed by atoms with van der Waals surface area (Å²) in [6.45, 7) is -0.346. The van der Waals surface area contributed by atoms with Crippen molar-refractivity contribution in [2.75, 3.05) is 26.1 Å². The van der Waals surface area contributed by atoms with E-state index in [9.17, 15) is 30.2 Å². The van der Waals surface area contributed by atoms with Crippen LogP contribution in [0.15, 0.2) is 0 Å². The van der Waals surface area contributed by atoms with Gasteiger partial charge in [-0.3, -0.25) is 0 Å². The summed E-state index contributed by atoms with van der Waals surface area (Å²) in [7, 11) is 1.23. The summed E-state index contributed by atoms with van der Waals surface area (Å²) in [5, 5.41) is 38.5. The van der Waals surface area contributed by atoms with Crippen LogP contribution in [-0.2, 0) is 9.47 Å². The molecule has 0 spiro atoms. The van der Waals surface area contributed by atoms with E-state index in [0.29, 0.717) is 0 Å². The van der Waals surface area contributed by atoms with E-state index in [0.717, 1.165) is 4.90 Å². The van der Waals surface area contributed by atoms with Crippen molar-refractivity contribution >= 4 is 17.6 Å². The molecule has 4 N–H and O–H groups in total. The van der Waals surface area contributed by atoms with Gasteiger partial charge in [-0.05, 0) is 0 Å². The summed E-state index contributed by atoms with van der Waals surface area (Å²) in [6.07, 6.45) is -6.86. The van der Waals surface area contributed by atoms with Crippen LogP contribution in [0, 0.1) is 10.1 Å². The number of aliphatic hydroxyl groups excluding tert-OH is 3. The molecule has 0 aromatic rings. The largest absolute Gasteiger partial charge is 0.388 e. The standard InChI is InChI=1S/C10H18ClN3O8/c1-21-9-8(17)7(16)6(15)5(22-9)4-13(3-2-11)10(18)12-14(19)20/h5-9,15-17H,2-4H2,1H3,(H,12,18)/t5-,6-,7+,8-,9?/m1/s1. The van der Waals surface area contributed by atoms with Crippen LogP contribution in [-0.4, -0.2) is 88.1 Å². The normalized spacial score (nSPS) is 31.6. The van der Waals surface area contributed by atoms with Gasteiger partial charge in [-0.15, -0.1) is 11.6 Å². The van der Waals surface area contributed by atoms with E-state index in [1.54, 1.807) is 0 Å². The number of carbonyl (C=O) groups is 1. The third-order valence-corrected chi connectivity index (χ3v) is 3.30. The molecule has 1 aliphatic heterocycles. The highest BCUT2D eigenvalue weighted by Crippen LogP contribution is 2.22. The summed E-state index contributed by atoms with van der Waals surface area (Å²) in [6, 6.07) is -1.05. The average molecular weight is 344 g/mol. The number of carbonyl (C=O) groups excluding carboxylic acids is 1. The molecular weight excluding hydrogens is 326 g/mol. The van der Waals surface area contributed by atoms with Gasteiger partial charge in [-0.2, -0.15) is 0 Å². The zero-order chi connectivity index (χ0) is 16.9. The van der Waals surface area contributed by atoms with Gasteiger partial charge in [0.1, 0.15) is 24.4 Å². The minimum absolute atomic E-state index is 0.00711. The Bertz CT molecular complexity index is 398. The molecule has 1 saturated heterocycles.